The van der Waals surface area contributed by atoms with Gasteiger partial charge in [-0.25, -0.2) is 9.97 Å². The van der Waals surface area contributed by atoms with Crippen molar-refractivity contribution in [2.75, 3.05) is 18.8 Å². The lowest BCUT2D eigenvalue weighted by atomic mass is 9.95. The van der Waals surface area contributed by atoms with Crippen LogP contribution in [-0.4, -0.2) is 38.4 Å². The summed E-state index contributed by atoms with van der Waals surface area (Å²) >= 11 is 1.43. The molecule has 7 heteroatoms. The molecule has 2 aromatic heterocycles. The van der Waals surface area contributed by atoms with Crippen molar-refractivity contribution < 1.29 is 4.79 Å². The molecule has 1 amide bonds. The quantitative estimate of drug-likeness (QED) is 0.742. The van der Waals surface area contributed by atoms with E-state index in [0.717, 1.165) is 53.1 Å². The minimum absolute atomic E-state index is 0.0950. The van der Waals surface area contributed by atoms with Crippen LogP contribution in [0.15, 0.2) is 24.5 Å². The highest BCUT2D eigenvalue weighted by Gasteiger charge is 2.27. The number of nitrogens with zero attached hydrogens (tertiary/aromatic N) is 4. The fraction of sp³-hybridized carbons (Fsp3) is 0.450. The van der Waals surface area contributed by atoms with Crippen molar-refractivity contribution in [1.29, 1.82) is 0 Å². The van der Waals surface area contributed by atoms with E-state index in [9.17, 15) is 4.79 Å². The molecule has 4 rings (SSSR count). The van der Waals surface area contributed by atoms with Gasteiger partial charge in [0.2, 0.25) is 0 Å². The molecule has 142 valence electrons. The average molecular weight is 384 g/mol. The Kier molecular flexibility index (Phi) is 4.63. The van der Waals surface area contributed by atoms with E-state index in [-0.39, 0.29) is 5.91 Å². The molecule has 0 saturated carbocycles. The van der Waals surface area contributed by atoms with E-state index < -0.39 is 0 Å². The number of carbonyl (C=O) groups excluding carboxylic acids is 1. The molecule has 1 aromatic carbocycles. The molecular weight excluding hydrogens is 358 g/mol. The summed E-state index contributed by atoms with van der Waals surface area (Å²) in [6.45, 7) is 7.85. The SMILES string of the molecule is Cc1cc(C(=O)N2CCC(c3nccn3C(C)C)CC2)cc2sc(N)nc12. The number of aryl methyl sites for hydroxylation is 1. The normalized spacial score (nSPS) is 15.8. The Morgan fingerprint density at radius 3 is 2.74 bits per heavy atom. The number of hydrogen-bond donors (Lipinski definition) is 1. The maximum atomic E-state index is 13.0. The first-order valence-corrected chi connectivity index (χ1v) is 10.2. The van der Waals surface area contributed by atoms with E-state index in [4.69, 9.17) is 5.73 Å². The molecule has 1 saturated heterocycles. The average Bonchev–Trinajstić information content (AvgIpc) is 3.27. The second kappa shape index (κ2) is 6.96. The van der Waals surface area contributed by atoms with Gasteiger partial charge in [-0.05, 0) is 51.3 Å². The molecule has 1 fully saturated rings. The Bertz CT molecular complexity index is 982. The Morgan fingerprint density at radius 1 is 1.30 bits per heavy atom. The van der Waals surface area contributed by atoms with Gasteiger partial charge >= 0.3 is 0 Å². The number of aromatic nitrogens is 3. The number of benzene rings is 1. The largest absolute Gasteiger partial charge is 0.375 e. The fourth-order valence-corrected chi connectivity index (χ4v) is 4.79. The number of likely N-dealkylation sites (tertiary alicyclic amines) is 1. The van der Waals surface area contributed by atoms with Crippen LogP contribution in [0.4, 0.5) is 5.13 Å². The summed E-state index contributed by atoms with van der Waals surface area (Å²) in [4.78, 5) is 23.9. The number of nitrogen functional groups attached to an aromatic ring is 1. The first kappa shape index (κ1) is 18.0. The Labute approximate surface area is 163 Å². The van der Waals surface area contributed by atoms with Crippen LogP contribution in [0.3, 0.4) is 0 Å². The third-order valence-corrected chi connectivity index (χ3v) is 6.18. The van der Waals surface area contributed by atoms with Gasteiger partial charge in [-0.3, -0.25) is 4.79 Å². The van der Waals surface area contributed by atoms with Crippen molar-refractivity contribution in [2.24, 2.45) is 0 Å². The van der Waals surface area contributed by atoms with Gasteiger partial charge in [0, 0.05) is 43.0 Å². The fourth-order valence-electron chi connectivity index (χ4n) is 3.94. The third-order valence-electron chi connectivity index (χ3n) is 5.35. The van der Waals surface area contributed by atoms with Crippen molar-refractivity contribution in [3.05, 3.63) is 41.5 Å². The number of nitrogens with two attached hydrogens (primary N) is 1. The first-order chi connectivity index (χ1) is 12.9. The molecule has 3 aromatic rings. The summed E-state index contributed by atoms with van der Waals surface area (Å²) in [7, 11) is 0. The topological polar surface area (TPSA) is 77.0 Å². The van der Waals surface area contributed by atoms with Crippen molar-refractivity contribution in [1.82, 2.24) is 19.4 Å². The zero-order valence-electron chi connectivity index (χ0n) is 16.0. The lowest BCUT2D eigenvalue weighted by Crippen LogP contribution is -2.38. The van der Waals surface area contributed by atoms with E-state index in [1.165, 1.54) is 11.3 Å². The summed E-state index contributed by atoms with van der Waals surface area (Å²) in [5.74, 6) is 1.66. The van der Waals surface area contributed by atoms with Crippen LogP contribution >= 0.6 is 11.3 Å². The van der Waals surface area contributed by atoms with Crippen molar-refractivity contribution in [2.45, 2.75) is 45.6 Å². The summed E-state index contributed by atoms with van der Waals surface area (Å²) in [6.07, 6.45) is 5.83. The third kappa shape index (κ3) is 3.32. The molecule has 0 aliphatic carbocycles. The van der Waals surface area contributed by atoms with Crippen LogP contribution in [0, 0.1) is 6.92 Å². The Morgan fingerprint density at radius 2 is 2.04 bits per heavy atom. The highest BCUT2D eigenvalue weighted by atomic mass is 32.1. The maximum absolute atomic E-state index is 13.0. The van der Waals surface area contributed by atoms with E-state index in [0.29, 0.717) is 17.1 Å². The molecule has 6 nitrogen and oxygen atoms in total. The van der Waals surface area contributed by atoms with Gasteiger partial charge in [0.1, 0.15) is 5.82 Å². The molecule has 0 atom stereocenters. The number of amides is 1. The second-order valence-electron chi connectivity index (χ2n) is 7.54. The van der Waals surface area contributed by atoms with Crippen LogP contribution in [0.25, 0.3) is 10.2 Å². The molecule has 2 N–H and O–H groups in total. The molecule has 0 unspecified atom stereocenters. The molecule has 0 radical (unpaired) electrons. The number of thiazole rings is 1. The van der Waals surface area contributed by atoms with Gasteiger partial charge < -0.3 is 15.2 Å². The predicted octanol–water partition coefficient (Wildman–Crippen LogP) is 3.98. The zero-order chi connectivity index (χ0) is 19.1. The number of fused-ring (bicyclic) bond motifs is 1. The lowest BCUT2D eigenvalue weighted by molar-refractivity contribution is 0.0710. The molecule has 0 bridgehead atoms. The number of imidazole rings is 1. The number of hydrogen-bond acceptors (Lipinski definition) is 5. The first-order valence-electron chi connectivity index (χ1n) is 9.42. The number of rotatable bonds is 3. The van der Waals surface area contributed by atoms with E-state index in [1.54, 1.807) is 0 Å². The minimum atomic E-state index is 0.0950. The predicted molar refractivity (Wildman–Crippen MR) is 109 cm³/mol. The van der Waals surface area contributed by atoms with Crippen molar-refractivity contribution >= 4 is 32.6 Å². The zero-order valence-corrected chi connectivity index (χ0v) is 16.8. The van der Waals surface area contributed by atoms with Crippen LogP contribution in [0.1, 0.15) is 60.4 Å². The van der Waals surface area contributed by atoms with Gasteiger partial charge in [0.25, 0.3) is 5.91 Å². The lowest BCUT2D eigenvalue weighted by Gasteiger charge is -2.32. The summed E-state index contributed by atoms with van der Waals surface area (Å²) < 4.78 is 3.22. The van der Waals surface area contributed by atoms with E-state index in [2.05, 4.69) is 34.6 Å². The Balaban J connectivity index is 1.49. The van der Waals surface area contributed by atoms with Gasteiger partial charge in [0.05, 0.1) is 10.2 Å². The minimum Gasteiger partial charge on any atom is -0.375 e. The standard InChI is InChI=1S/C20H25N5OS/c1-12(2)25-9-6-22-18(25)14-4-7-24(8-5-14)19(26)15-10-13(3)17-16(11-15)27-20(21)23-17/h6,9-12,14H,4-5,7-8H2,1-3H3,(H2,21,23). The molecule has 0 spiro atoms. The highest BCUT2D eigenvalue weighted by Crippen LogP contribution is 2.31. The molecular formula is C20H25N5OS. The number of carbonyl (C=O) groups is 1. The molecule has 3 heterocycles. The van der Waals surface area contributed by atoms with E-state index >= 15 is 0 Å². The van der Waals surface area contributed by atoms with Crippen LogP contribution in [-0.2, 0) is 0 Å². The van der Waals surface area contributed by atoms with Gasteiger partial charge in [0.15, 0.2) is 5.13 Å². The number of anilines is 1. The highest BCUT2D eigenvalue weighted by molar-refractivity contribution is 7.22. The van der Waals surface area contributed by atoms with Crippen molar-refractivity contribution in [3.8, 4) is 0 Å². The molecule has 1 aliphatic heterocycles. The molecule has 1 aliphatic rings. The summed E-state index contributed by atoms with van der Waals surface area (Å²) in [5, 5.41) is 0.541. The van der Waals surface area contributed by atoms with Gasteiger partial charge in [-0.1, -0.05) is 11.3 Å². The molecule has 27 heavy (non-hydrogen) atoms. The van der Waals surface area contributed by atoms with Gasteiger partial charge in [-0.15, -0.1) is 0 Å². The Hall–Kier alpha value is -2.41. The van der Waals surface area contributed by atoms with Crippen LogP contribution < -0.4 is 5.73 Å². The van der Waals surface area contributed by atoms with E-state index in [1.807, 2.05) is 30.2 Å². The van der Waals surface area contributed by atoms with Crippen molar-refractivity contribution in [3.63, 3.8) is 0 Å². The van der Waals surface area contributed by atoms with Crippen LogP contribution in [0.2, 0.25) is 0 Å². The summed E-state index contributed by atoms with van der Waals surface area (Å²) in [5.41, 5.74) is 8.45. The second-order valence-corrected chi connectivity index (χ2v) is 8.61. The smallest absolute Gasteiger partial charge is 0.253 e. The van der Waals surface area contributed by atoms with Crippen LogP contribution in [0.5, 0.6) is 0 Å². The summed E-state index contributed by atoms with van der Waals surface area (Å²) in [6, 6.07) is 4.26. The number of piperidine rings is 1. The maximum Gasteiger partial charge on any atom is 0.253 e. The monoisotopic (exact) mass is 383 g/mol. The van der Waals surface area contributed by atoms with Gasteiger partial charge in [-0.2, -0.15) is 0 Å².